The Bertz CT molecular complexity index is 431. The molecule has 0 N–H and O–H groups in total. The molecule has 1 aliphatic heterocycles. The van der Waals surface area contributed by atoms with E-state index in [-0.39, 0.29) is 5.91 Å². The van der Waals surface area contributed by atoms with Crippen molar-refractivity contribution < 1.29 is 9.53 Å². The highest BCUT2D eigenvalue weighted by atomic mass is 16.5. The molecule has 1 unspecified atom stereocenters. The van der Waals surface area contributed by atoms with Gasteiger partial charge in [-0.2, -0.15) is 0 Å². The van der Waals surface area contributed by atoms with Crippen LogP contribution in [0.25, 0.3) is 0 Å². The molecular formula is C16H23NO2. The SMILES string of the molecule is COc1cccc(CCC(=O)N2CCCC(C)C2)c1. The molecule has 0 bridgehead atoms. The molecule has 0 radical (unpaired) electrons. The molecule has 1 amide bonds. The summed E-state index contributed by atoms with van der Waals surface area (Å²) in [6, 6.07) is 7.96. The highest BCUT2D eigenvalue weighted by Gasteiger charge is 2.20. The van der Waals surface area contributed by atoms with Gasteiger partial charge >= 0.3 is 0 Å². The molecular weight excluding hydrogens is 238 g/mol. The standard InChI is InChI=1S/C16H23NO2/c1-13-5-4-10-17(12-13)16(18)9-8-14-6-3-7-15(11-14)19-2/h3,6-7,11,13H,4-5,8-10,12H2,1-2H3. The van der Waals surface area contributed by atoms with Crippen molar-refractivity contribution in [2.45, 2.75) is 32.6 Å². The van der Waals surface area contributed by atoms with Crippen molar-refractivity contribution in [3.05, 3.63) is 29.8 Å². The molecule has 1 aliphatic rings. The minimum Gasteiger partial charge on any atom is -0.497 e. The van der Waals surface area contributed by atoms with E-state index in [4.69, 9.17) is 4.74 Å². The summed E-state index contributed by atoms with van der Waals surface area (Å²) in [6.45, 7) is 4.08. The molecule has 0 aliphatic carbocycles. The van der Waals surface area contributed by atoms with E-state index < -0.39 is 0 Å². The molecule has 2 rings (SSSR count). The Hall–Kier alpha value is -1.51. The number of benzene rings is 1. The van der Waals surface area contributed by atoms with E-state index >= 15 is 0 Å². The van der Waals surface area contributed by atoms with Gasteiger partial charge in [-0.1, -0.05) is 19.1 Å². The van der Waals surface area contributed by atoms with Gasteiger partial charge in [-0.05, 0) is 42.9 Å². The Kier molecular flexibility index (Phi) is 4.83. The quantitative estimate of drug-likeness (QED) is 0.834. The molecule has 3 heteroatoms. The molecule has 19 heavy (non-hydrogen) atoms. The highest BCUT2D eigenvalue weighted by molar-refractivity contribution is 5.76. The lowest BCUT2D eigenvalue weighted by atomic mass is 9.99. The molecule has 104 valence electrons. The third-order valence-electron chi connectivity index (χ3n) is 3.77. The highest BCUT2D eigenvalue weighted by Crippen LogP contribution is 2.18. The molecule has 1 aromatic carbocycles. The Morgan fingerprint density at radius 3 is 3.05 bits per heavy atom. The largest absolute Gasteiger partial charge is 0.497 e. The zero-order valence-electron chi connectivity index (χ0n) is 11.9. The van der Waals surface area contributed by atoms with Gasteiger partial charge in [-0.25, -0.2) is 0 Å². The number of aryl methyl sites for hydroxylation is 1. The molecule has 0 spiro atoms. The number of hydrogen-bond acceptors (Lipinski definition) is 2. The molecule has 0 aromatic heterocycles. The van der Waals surface area contributed by atoms with E-state index in [1.54, 1.807) is 7.11 Å². The van der Waals surface area contributed by atoms with Crippen LogP contribution < -0.4 is 4.74 Å². The topological polar surface area (TPSA) is 29.5 Å². The van der Waals surface area contributed by atoms with E-state index in [9.17, 15) is 4.79 Å². The van der Waals surface area contributed by atoms with Crippen LogP contribution in [0.2, 0.25) is 0 Å². The van der Waals surface area contributed by atoms with Crippen LogP contribution in [-0.4, -0.2) is 31.0 Å². The number of nitrogens with zero attached hydrogens (tertiary/aromatic N) is 1. The van der Waals surface area contributed by atoms with Crippen molar-refractivity contribution in [1.82, 2.24) is 4.90 Å². The molecule has 1 saturated heterocycles. The van der Waals surface area contributed by atoms with Crippen LogP contribution >= 0.6 is 0 Å². The number of likely N-dealkylation sites (tertiary alicyclic amines) is 1. The maximum absolute atomic E-state index is 12.2. The monoisotopic (exact) mass is 261 g/mol. The second-order valence-corrected chi connectivity index (χ2v) is 5.44. The number of ether oxygens (including phenoxy) is 1. The summed E-state index contributed by atoms with van der Waals surface area (Å²) in [4.78, 5) is 14.2. The lowest BCUT2D eigenvalue weighted by molar-refractivity contribution is -0.132. The summed E-state index contributed by atoms with van der Waals surface area (Å²) < 4.78 is 5.20. The maximum atomic E-state index is 12.2. The number of rotatable bonds is 4. The predicted molar refractivity (Wildman–Crippen MR) is 76.3 cm³/mol. The zero-order chi connectivity index (χ0) is 13.7. The Morgan fingerprint density at radius 1 is 1.47 bits per heavy atom. The number of hydrogen-bond donors (Lipinski definition) is 0. The van der Waals surface area contributed by atoms with Crippen LogP contribution in [-0.2, 0) is 11.2 Å². The Labute approximate surface area is 115 Å². The fraction of sp³-hybridized carbons (Fsp3) is 0.562. The first-order valence-electron chi connectivity index (χ1n) is 7.09. The van der Waals surface area contributed by atoms with Crippen molar-refractivity contribution in [2.75, 3.05) is 20.2 Å². The number of carbonyl (C=O) groups excluding carboxylic acids is 1. The molecule has 3 nitrogen and oxygen atoms in total. The zero-order valence-corrected chi connectivity index (χ0v) is 11.9. The second kappa shape index (κ2) is 6.60. The van der Waals surface area contributed by atoms with Gasteiger partial charge in [0.15, 0.2) is 0 Å². The van der Waals surface area contributed by atoms with Gasteiger partial charge in [0.1, 0.15) is 5.75 Å². The number of piperidine rings is 1. The lowest BCUT2D eigenvalue weighted by Crippen LogP contribution is -2.39. The summed E-state index contributed by atoms with van der Waals surface area (Å²) in [5.74, 6) is 1.79. The molecule has 1 heterocycles. The van der Waals surface area contributed by atoms with Gasteiger partial charge in [0.25, 0.3) is 0 Å². The Balaban J connectivity index is 1.85. The van der Waals surface area contributed by atoms with Crippen molar-refractivity contribution >= 4 is 5.91 Å². The predicted octanol–water partition coefficient (Wildman–Crippen LogP) is 2.89. The summed E-state index contributed by atoms with van der Waals surface area (Å²) in [6.07, 6.45) is 3.78. The third-order valence-corrected chi connectivity index (χ3v) is 3.77. The number of amides is 1. The maximum Gasteiger partial charge on any atom is 0.222 e. The summed E-state index contributed by atoms with van der Waals surface area (Å²) in [7, 11) is 1.67. The fourth-order valence-corrected chi connectivity index (χ4v) is 2.65. The third kappa shape index (κ3) is 3.98. The first kappa shape index (κ1) is 13.9. The first-order chi connectivity index (χ1) is 9.19. The van der Waals surface area contributed by atoms with E-state index in [0.717, 1.165) is 37.2 Å². The molecule has 1 fully saturated rings. The molecule has 1 atom stereocenters. The average molecular weight is 261 g/mol. The Morgan fingerprint density at radius 2 is 2.32 bits per heavy atom. The van der Waals surface area contributed by atoms with Gasteiger partial charge in [0, 0.05) is 19.5 Å². The normalized spacial score (nSPS) is 19.3. The van der Waals surface area contributed by atoms with Crippen molar-refractivity contribution in [3.63, 3.8) is 0 Å². The van der Waals surface area contributed by atoms with Crippen molar-refractivity contribution in [2.24, 2.45) is 5.92 Å². The minimum absolute atomic E-state index is 0.286. The van der Waals surface area contributed by atoms with E-state index in [1.165, 1.54) is 6.42 Å². The van der Waals surface area contributed by atoms with Crippen LogP contribution in [0, 0.1) is 5.92 Å². The average Bonchev–Trinajstić information content (AvgIpc) is 2.45. The van der Waals surface area contributed by atoms with Crippen LogP contribution in [0.3, 0.4) is 0 Å². The van der Waals surface area contributed by atoms with Crippen LogP contribution in [0.15, 0.2) is 24.3 Å². The summed E-state index contributed by atoms with van der Waals surface area (Å²) in [5, 5.41) is 0. The van der Waals surface area contributed by atoms with Gasteiger partial charge in [-0.3, -0.25) is 4.79 Å². The fourth-order valence-electron chi connectivity index (χ4n) is 2.65. The van der Waals surface area contributed by atoms with Crippen LogP contribution in [0.1, 0.15) is 31.7 Å². The van der Waals surface area contributed by atoms with Gasteiger partial charge in [0.2, 0.25) is 5.91 Å². The summed E-state index contributed by atoms with van der Waals surface area (Å²) >= 11 is 0. The molecule has 1 aromatic rings. The van der Waals surface area contributed by atoms with Gasteiger partial charge < -0.3 is 9.64 Å². The number of methoxy groups -OCH3 is 1. The van der Waals surface area contributed by atoms with Gasteiger partial charge in [-0.15, -0.1) is 0 Å². The first-order valence-corrected chi connectivity index (χ1v) is 7.09. The van der Waals surface area contributed by atoms with E-state index in [2.05, 4.69) is 13.0 Å². The smallest absolute Gasteiger partial charge is 0.222 e. The van der Waals surface area contributed by atoms with Crippen LogP contribution in [0.5, 0.6) is 5.75 Å². The molecule has 0 saturated carbocycles. The summed E-state index contributed by atoms with van der Waals surface area (Å²) in [5.41, 5.74) is 1.16. The van der Waals surface area contributed by atoms with Crippen molar-refractivity contribution in [3.8, 4) is 5.75 Å². The lowest BCUT2D eigenvalue weighted by Gasteiger charge is -2.31. The van der Waals surface area contributed by atoms with E-state index in [0.29, 0.717) is 12.3 Å². The minimum atomic E-state index is 0.286. The second-order valence-electron chi connectivity index (χ2n) is 5.44. The van der Waals surface area contributed by atoms with Gasteiger partial charge in [0.05, 0.1) is 7.11 Å². The van der Waals surface area contributed by atoms with E-state index in [1.807, 2.05) is 23.1 Å². The van der Waals surface area contributed by atoms with Crippen molar-refractivity contribution in [1.29, 1.82) is 0 Å². The van der Waals surface area contributed by atoms with Crippen LogP contribution in [0.4, 0.5) is 0 Å². The number of carbonyl (C=O) groups is 1.